The van der Waals surface area contributed by atoms with Crippen molar-refractivity contribution in [2.45, 2.75) is 26.0 Å². The van der Waals surface area contributed by atoms with E-state index in [1.165, 1.54) is 18.2 Å². The molecule has 0 saturated carbocycles. The Labute approximate surface area is 106 Å². The number of hydrogen-bond donors (Lipinski definition) is 1. The van der Waals surface area contributed by atoms with E-state index in [1.807, 2.05) is 13.8 Å². The number of hydrogen-bond acceptors (Lipinski definition) is 3. The first-order valence-corrected chi connectivity index (χ1v) is 5.91. The van der Waals surface area contributed by atoms with E-state index in [2.05, 4.69) is 0 Å². The molecule has 0 aliphatic rings. The second kappa shape index (κ2) is 7.41. The zero-order valence-corrected chi connectivity index (χ0v) is 10.7. The maximum absolute atomic E-state index is 13.4. The summed E-state index contributed by atoms with van der Waals surface area (Å²) in [5.41, 5.74) is 5.56. The lowest BCUT2D eigenvalue weighted by molar-refractivity contribution is 0.0157. The van der Waals surface area contributed by atoms with E-state index in [0.717, 1.165) is 0 Å². The molecule has 18 heavy (non-hydrogen) atoms. The van der Waals surface area contributed by atoms with Gasteiger partial charge in [-0.25, -0.2) is 8.78 Å². The monoisotopic (exact) mass is 259 g/mol. The van der Waals surface area contributed by atoms with Crippen LogP contribution in [-0.4, -0.2) is 25.9 Å². The van der Waals surface area contributed by atoms with Crippen LogP contribution in [0.3, 0.4) is 0 Å². The van der Waals surface area contributed by atoms with E-state index >= 15 is 0 Å². The van der Waals surface area contributed by atoms with Crippen molar-refractivity contribution in [1.29, 1.82) is 0 Å². The molecular formula is C13H19F2NO2. The largest absolute Gasteiger partial charge is 0.377 e. The Morgan fingerprint density at radius 1 is 1.17 bits per heavy atom. The predicted molar refractivity (Wildman–Crippen MR) is 65.2 cm³/mol. The molecule has 1 rings (SSSR count). The van der Waals surface area contributed by atoms with E-state index in [-0.39, 0.29) is 18.3 Å². The minimum Gasteiger partial charge on any atom is -0.377 e. The molecular weight excluding hydrogens is 240 g/mol. The van der Waals surface area contributed by atoms with Crippen LogP contribution in [-0.2, 0) is 9.47 Å². The van der Waals surface area contributed by atoms with E-state index in [4.69, 9.17) is 15.2 Å². The van der Waals surface area contributed by atoms with Gasteiger partial charge >= 0.3 is 0 Å². The molecule has 0 bridgehead atoms. The van der Waals surface area contributed by atoms with Gasteiger partial charge in [0.05, 0.1) is 32.0 Å². The van der Waals surface area contributed by atoms with Gasteiger partial charge in [-0.15, -0.1) is 0 Å². The maximum atomic E-state index is 13.4. The van der Waals surface area contributed by atoms with E-state index < -0.39 is 17.7 Å². The van der Waals surface area contributed by atoms with Crippen molar-refractivity contribution in [2.24, 2.45) is 5.73 Å². The summed E-state index contributed by atoms with van der Waals surface area (Å²) in [6.45, 7) is 4.67. The minimum absolute atomic E-state index is 0.0549. The molecule has 1 unspecified atom stereocenters. The highest BCUT2D eigenvalue weighted by Crippen LogP contribution is 2.18. The summed E-state index contributed by atoms with van der Waals surface area (Å²) in [5, 5.41) is 0. The van der Waals surface area contributed by atoms with Gasteiger partial charge in [-0.05, 0) is 26.0 Å². The summed E-state index contributed by atoms with van der Waals surface area (Å²) < 4.78 is 37.3. The highest BCUT2D eigenvalue weighted by atomic mass is 19.1. The van der Waals surface area contributed by atoms with Crippen molar-refractivity contribution in [3.05, 3.63) is 35.4 Å². The lowest BCUT2D eigenvalue weighted by Gasteiger charge is -2.14. The van der Waals surface area contributed by atoms with Gasteiger partial charge in [0, 0.05) is 5.56 Å². The fraction of sp³-hybridized carbons (Fsp3) is 0.538. The van der Waals surface area contributed by atoms with Crippen LogP contribution in [0.15, 0.2) is 18.2 Å². The van der Waals surface area contributed by atoms with Gasteiger partial charge in [-0.3, -0.25) is 0 Å². The Hall–Kier alpha value is -1.04. The molecule has 0 amide bonds. The van der Waals surface area contributed by atoms with Gasteiger partial charge in [0.1, 0.15) is 11.6 Å². The Morgan fingerprint density at radius 2 is 1.78 bits per heavy atom. The van der Waals surface area contributed by atoms with Gasteiger partial charge in [-0.2, -0.15) is 0 Å². The topological polar surface area (TPSA) is 44.5 Å². The van der Waals surface area contributed by atoms with Crippen LogP contribution in [0.1, 0.15) is 25.5 Å². The average molecular weight is 259 g/mol. The fourth-order valence-corrected chi connectivity index (χ4v) is 1.50. The first kappa shape index (κ1) is 15.0. The first-order chi connectivity index (χ1) is 8.52. The quantitative estimate of drug-likeness (QED) is 0.765. The third-order valence-electron chi connectivity index (χ3n) is 2.35. The molecule has 0 saturated heterocycles. The van der Waals surface area contributed by atoms with Crippen LogP contribution in [0, 0.1) is 11.6 Å². The van der Waals surface area contributed by atoms with Crippen molar-refractivity contribution < 1.29 is 18.3 Å². The van der Waals surface area contributed by atoms with Crippen molar-refractivity contribution >= 4 is 0 Å². The van der Waals surface area contributed by atoms with E-state index in [1.54, 1.807) is 0 Å². The molecule has 0 heterocycles. The smallest absolute Gasteiger partial charge is 0.130 e. The van der Waals surface area contributed by atoms with Crippen LogP contribution in [0.5, 0.6) is 0 Å². The number of benzene rings is 1. The zero-order valence-electron chi connectivity index (χ0n) is 10.7. The lowest BCUT2D eigenvalue weighted by atomic mass is 10.1. The van der Waals surface area contributed by atoms with Crippen molar-refractivity contribution in [3.8, 4) is 0 Å². The first-order valence-electron chi connectivity index (χ1n) is 5.91. The molecule has 2 N–H and O–H groups in total. The van der Waals surface area contributed by atoms with Crippen LogP contribution >= 0.6 is 0 Å². The molecule has 1 aromatic rings. The molecule has 1 aromatic carbocycles. The SMILES string of the molecule is CC(C)OCCOCC(N)c1c(F)cccc1F. The summed E-state index contributed by atoms with van der Waals surface area (Å²) in [4.78, 5) is 0. The Bertz CT molecular complexity index is 352. The summed E-state index contributed by atoms with van der Waals surface area (Å²) in [6.07, 6.45) is 0.131. The molecule has 0 radical (unpaired) electrons. The van der Waals surface area contributed by atoms with Crippen LogP contribution < -0.4 is 5.73 Å². The minimum atomic E-state index is -0.815. The average Bonchev–Trinajstić information content (AvgIpc) is 2.27. The van der Waals surface area contributed by atoms with Gasteiger partial charge in [0.15, 0.2) is 0 Å². The molecule has 0 fully saturated rings. The Morgan fingerprint density at radius 3 is 2.33 bits per heavy atom. The number of ether oxygens (including phenoxy) is 2. The van der Waals surface area contributed by atoms with Crippen molar-refractivity contribution in [3.63, 3.8) is 0 Å². The van der Waals surface area contributed by atoms with Crippen LogP contribution in [0.4, 0.5) is 8.78 Å². The van der Waals surface area contributed by atoms with Gasteiger partial charge in [-0.1, -0.05) is 6.07 Å². The number of rotatable bonds is 7. The highest BCUT2D eigenvalue weighted by molar-refractivity contribution is 5.22. The van der Waals surface area contributed by atoms with E-state index in [9.17, 15) is 8.78 Å². The predicted octanol–water partition coefficient (Wildman–Crippen LogP) is 2.41. The van der Waals surface area contributed by atoms with Crippen LogP contribution in [0.25, 0.3) is 0 Å². The van der Waals surface area contributed by atoms with Gasteiger partial charge in [0.25, 0.3) is 0 Å². The molecule has 5 heteroatoms. The standard InChI is InChI=1S/C13H19F2NO2/c1-9(2)18-7-6-17-8-12(16)13-10(14)4-3-5-11(13)15/h3-5,9,12H,6-8,16H2,1-2H3. The van der Waals surface area contributed by atoms with Crippen molar-refractivity contribution in [2.75, 3.05) is 19.8 Å². The highest BCUT2D eigenvalue weighted by Gasteiger charge is 2.16. The third kappa shape index (κ3) is 4.68. The molecule has 3 nitrogen and oxygen atoms in total. The molecule has 0 aliphatic heterocycles. The lowest BCUT2D eigenvalue weighted by Crippen LogP contribution is -2.21. The molecule has 0 aromatic heterocycles. The molecule has 0 spiro atoms. The molecule has 1 atom stereocenters. The van der Waals surface area contributed by atoms with Crippen molar-refractivity contribution in [1.82, 2.24) is 0 Å². The van der Waals surface area contributed by atoms with E-state index in [0.29, 0.717) is 13.2 Å². The van der Waals surface area contributed by atoms with Gasteiger partial charge < -0.3 is 15.2 Å². The summed E-state index contributed by atoms with van der Waals surface area (Å²) in [7, 11) is 0. The molecule has 0 aliphatic carbocycles. The Kier molecular flexibility index (Phi) is 6.18. The van der Waals surface area contributed by atoms with Crippen LogP contribution in [0.2, 0.25) is 0 Å². The normalized spacial score (nSPS) is 13.0. The Balaban J connectivity index is 2.39. The second-order valence-electron chi connectivity index (χ2n) is 4.24. The maximum Gasteiger partial charge on any atom is 0.130 e. The zero-order chi connectivity index (χ0) is 13.5. The fourth-order valence-electron chi connectivity index (χ4n) is 1.50. The summed E-state index contributed by atoms with van der Waals surface area (Å²) in [5.74, 6) is -1.30. The summed E-state index contributed by atoms with van der Waals surface area (Å²) in [6, 6.07) is 2.85. The number of nitrogens with two attached hydrogens (primary N) is 1. The van der Waals surface area contributed by atoms with Gasteiger partial charge in [0.2, 0.25) is 0 Å². The third-order valence-corrected chi connectivity index (χ3v) is 2.35. The summed E-state index contributed by atoms with van der Waals surface area (Å²) >= 11 is 0. The molecule has 102 valence electrons. The number of halogens is 2. The second-order valence-corrected chi connectivity index (χ2v) is 4.24.